The number of hydrogen-bond donors (Lipinski definition) is 1. The summed E-state index contributed by atoms with van der Waals surface area (Å²) in [4.78, 5) is 0. The maximum Gasteiger partial charge on any atom is 0.0780 e. The minimum Gasteiger partial charge on any atom is -0.388 e. The molecule has 2 aliphatic rings. The van der Waals surface area contributed by atoms with E-state index in [1.165, 1.54) is 19.3 Å². The highest BCUT2D eigenvalue weighted by molar-refractivity contribution is 5.12. The van der Waals surface area contributed by atoms with Crippen molar-refractivity contribution in [2.45, 2.75) is 31.8 Å². The highest BCUT2D eigenvalue weighted by atomic mass is 16.3. The smallest absolute Gasteiger partial charge is 0.0780 e. The summed E-state index contributed by atoms with van der Waals surface area (Å²) in [5.74, 6) is 0. The van der Waals surface area contributed by atoms with Crippen LogP contribution in [-0.2, 0) is 0 Å². The van der Waals surface area contributed by atoms with Crippen LogP contribution in [0.15, 0.2) is 12.2 Å². The molecule has 1 nitrogen and oxygen atoms in total. The van der Waals surface area contributed by atoms with Crippen molar-refractivity contribution < 1.29 is 5.11 Å². The molecule has 0 aromatic rings. The number of hydrogen-bond acceptors (Lipinski definition) is 1. The fourth-order valence-corrected chi connectivity index (χ4v) is 1.89. The number of rotatable bonds is 0. The summed E-state index contributed by atoms with van der Waals surface area (Å²) < 4.78 is 0. The molecule has 50 valence electrons. The molecule has 1 heteroatoms. The number of allylic oxidation sites excluding steroid dienone is 1. The van der Waals surface area contributed by atoms with Crippen LogP contribution in [0.25, 0.3) is 0 Å². The monoisotopic (exact) mass is 124 g/mol. The second-order valence-corrected chi connectivity index (χ2v) is 3.29. The van der Waals surface area contributed by atoms with Gasteiger partial charge in [-0.15, -0.1) is 0 Å². The van der Waals surface area contributed by atoms with Crippen molar-refractivity contribution in [2.75, 3.05) is 0 Å². The lowest BCUT2D eigenvalue weighted by Gasteiger charge is -2.41. The molecule has 0 heterocycles. The molecule has 1 spiro atoms. The predicted molar refractivity (Wildman–Crippen MR) is 36.0 cm³/mol. The fraction of sp³-hybridized carbons (Fsp3) is 0.750. The summed E-state index contributed by atoms with van der Waals surface area (Å²) in [6, 6.07) is 0. The number of aliphatic hydroxyl groups is 1. The first-order chi connectivity index (χ1) is 4.33. The van der Waals surface area contributed by atoms with Crippen molar-refractivity contribution >= 4 is 0 Å². The Kier molecular flexibility index (Phi) is 0.974. The predicted octanol–water partition coefficient (Wildman–Crippen LogP) is 1.48. The average Bonchev–Trinajstić information content (AvgIpc) is 2.07. The molecule has 0 amide bonds. The molecule has 1 N–H and O–H groups in total. The van der Waals surface area contributed by atoms with E-state index in [2.05, 4.69) is 6.08 Å². The third-order valence-corrected chi connectivity index (χ3v) is 2.82. The van der Waals surface area contributed by atoms with Gasteiger partial charge in [0.1, 0.15) is 0 Å². The van der Waals surface area contributed by atoms with E-state index in [1.807, 2.05) is 6.08 Å². The van der Waals surface area contributed by atoms with Gasteiger partial charge in [0.2, 0.25) is 0 Å². The lowest BCUT2D eigenvalue weighted by atomic mass is 9.66. The summed E-state index contributed by atoms with van der Waals surface area (Å²) in [7, 11) is 0. The molecule has 2 aliphatic carbocycles. The third kappa shape index (κ3) is 0.584. The van der Waals surface area contributed by atoms with Crippen molar-refractivity contribution in [1.29, 1.82) is 0 Å². The molecule has 0 aromatic carbocycles. The van der Waals surface area contributed by atoms with Crippen LogP contribution in [0.2, 0.25) is 0 Å². The van der Waals surface area contributed by atoms with E-state index in [0.29, 0.717) is 5.41 Å². The molecule has 1 saturated carbocycles. The zero-order valence-corrected chi connectivity index (χ0v) is 5.51. The zero-order valence-electron chi connectivity index (χ0n) is 5.51. The largest absolute Gasteiger partial charge is 0.388 e. The molecule has 9 heavy (non-hydrogen) atoms. The van der Waals surface area contributed by atoms with Crippen molar-refractivity contribution in [3.05, 3.63) is 12.2 Å². The van der Waals surface area contributed by atoms with Crippen molar-refractivity contribution in [2.24, 2.45) is 5.41 Å². The molecule has 0 aromatic heterocycles. The van der Waals surface area contributed by atoms with Crippen LogP contribution in [0.1, 0.15) is 25.7 Å². The standard InChI is InChI=1S/C8H12O/c9-7-3-1-4-8(7)5-2-6-8/h1,3,7,9H,2,4-6H2. The van der Waals surface area contributed by atoms with Gasteiger partial charge in [-0.05, 0) is 19.3 Å². The maximum absolute atomic E-state index is 9.41. The fourth-order valence-electron chi connectivity index (χ4n) is 1.89. The molecule has 2 rings (SSSR count). The van der Waals surface area contributed by atoms with Crippen molar-refractivity contribution in [3.8, 4) is 0 Å². The minimum absolute atomic E-state index is 0.119. The van der Waals surface area contributed by atoms with Crippen molar-refractivity contribution in [1.82, 2.24) is 0 Å². The van der Waals surface area contributed by atoms with Gasteiger partial charge in [0.05, 0.1) is 6.10 Å². The molecule has 1 fully saturated rings. The molecule has 0 radical (unpaired) electrons. The minimum atomic E-state index is -0.119. The second kappa shape index (κ2) is 1.60. The summed E-state index contributed by atoms with van der Waals surface area (Å²) in [5, 5.41) is 9.41. The van der Waals surface area contributed by atoms with Crippen LogP contribution in [0, 0.1) is 5.41 Å². The Bertz CT molecular complexity index is 145. The molecular weight excluding hydrogens is 112 g/mol. The van der Waals surface area contributed by atoms with Crippen LogP contribution in [-0.4, -0.2) is 11.2 Å². The molecule has 1 unspecified atom stereocenters. The van der Waals surface area contributed by atoms with Gasteiger partial charge < -0.3 is 5.11 Å². The SMILES string of the molecule is OC1C=CCC12CCC2. The Labute approximate surface area is 55.4 Å². The van der Waals surface area contributed by atoms with Gasteiger partial charge in [-0.3, -0.25) is 0 Å². The Morgan fingerprint density at radius 1 is 1.44 bits per heavy atom. The van der Waals surface area contributed by atoms with Gasteiger partial charge in [0, 0.05) is 5.41 Å². The highest BCUT2D eigenvalue weighted by Gasteiger charge is 2.43. The average molecular weight is 124 g/mol. The van der Waals surface area contributed by atoms with E-state index >= 15 is 0 Å². The topological polar surface area (TPSA) is 20.2 Å². The summed E-state index contributed by atoms with van der Waals surface area (Å²) >= 11 is 0. The van der Waals surface area contributed by atoms with E-state index in [-0.39, 0.29) is 6.10 Å². The first kappa shape index (κ1) is 5.48. The first-order valence-corrected chi connectivity index (χ1v) is 3.68. The van der Waals surface area contributed by atoms with E-state index in [0.717, 1.165) is 6.42 Å². The zero-order chi connectivity index (χ0) is 6.32. The van der Waals surface area contributed by atoms with E-state index in [9.17, 15) is 5.11 Å². The van der Waals surface area contributed by atoms with E-state index in [4.69, 9.17) is 0 Å². The quantitative estimate of drug-likeness (QED) is 0.485. The van der Waals surface area contributed by atoms with Crippen LogP contribution < -0.4 is 0 Å². The number of aliphatic hydroxyl groups excluding tert-OH is 1. The lowest BCUT2D eigenvalue weighted by Crippen LogP contribution is -2.36. The Balaban J connectivity index is 2.13. The first-order valence-electron chi connectivity index (χ1n) is 3.68. The lowest BCUT2D eigenvalue weighted by molar-refractivity contribution is 0.00892. The van der Waals surface area contributed by atoms with Gasteiger partial charge in [0.25, 0.3) is 0 Å². The molecule has 1 atom stereocenters. The molecule has 0 aliphatic heterocycles. The van der Waals surface area contributed by atoms with Crippen LogP contribution in [0.5, 0.6) is 0 Å². The van der Waals surface area contributed by atoms with Crippen LogP contribution in [0.4, 0.5) is 0 Å². The Hall–Kier alpha value is -0.300. The van der Waals surface area contributed by atoms with Crippen LogP contribution >= 0.6 is 0 Å². The third-order valence-electron chi connectivity index (χ3n) is 2.82. The molecular formula is C8H12O. The molecule has 0 saturated heterocycles. The van der Waals surface area contributed by atoms with Gasteiger partial charge in [0.15, 0.2) is 0 Å². The highest BCUT2D eigenvalue weighted by Crippen LogP contribution is 2.50. The maximum atomic E-state index is 9.41. The van der Waals surface area contributed by atoms with Crippen LogP contribution in [0.3, 0.4) is 0 Å². The van der Waals surface area contributed by atoms with Gasteiger partial charge in [-0.25, -0.2) is 0 Å². The summed E-state index contributed by atoms with van der Waals surface area (Å²) in [6.45, 7) is 0. The Morgan fingerprint density at radius 2 is 2.22 bits per heavy atom. The van der Waals surface area contributed by atoms with E-state index in [1.54, 1.807) is 0 Å². The Morgan fingerprint density at radius 3 is 2.44 bits per heavy atom. The normalized spacial score (nSPS) is 37.2. The van der Waals surface area contributed by atoms with Gasteiger partial charge >= 0.3 is 0 Å². The van der Waals surface area contributed by atoms with E-state index < -0.39 is 0 Å². The molecule has 0 bridgehead atoms. The summed E-state index contributed by atoms with van der Waals surface area (Å²) in [5.41, 5.74) is 0.319. The van der Waals surface area contributed by atoms with Gasteiger partial charge in [-0.1, -0.05) is 18.6 Å². The van der Waals surface area contributed by atoms with Gasteiger partial charge in [-0.2, -0.15) is 0 Å². The van der Waals surface area contributed by atoms with Crippen molar-refractivity contribution in [3.63, 3.8) is 0 Å². The summed E-state index contributed by atoms with van der Waals surface area (Å²) in [6.07, 6.45) is 8.85. The second-order valence-electron chi connectivity index (χ2n) is 3.29.